The van der Waals surface area contributed by atoms with E-state index in [1.165, 1.54) is 12.7 Å². The van der Waals surface area contributed by atoms with Crippen LogP contribution in [0, 0.1) is 0 Å². The molecule has 0 saturated heterocycles. The van der Waals surface area contributed by atoms with Gasteiger partial charge in [-0.25, -0.2) is 19.3 Å². The standard InChI is InChI=1S/C14H13ClN6/c15-14-3-1-12(2-4-14)5-13(6-20-10-16-8-18-20)7-21-11-17-9-19-21/h1-5,8-11H,6-7H2. The first-order chi connectivity index (χ1) is 10.3. The van der Waals surface area contributed by atoms with Crippen molar-refractivity contribution in [2.75, 3.05) is 0 Å². The second-order valence-corrected chi connectivity index (χ2v) is 4.98. The number of aromatic nitrogens is 6. The Morgan fingerprint density at radius 2 is 1.52 bits per heavy atom. The maximum Gasteiger partial charge on any atom is 0.137 e. The molecule has 2 heterocycles. The van der Waals surface area contributed by atoms with Gasteiger partial charge in [-0.05, 0) is 23.3 Å². The number of rotatable bonds is 5. The van der Waals surface area contributed by atoms with Crippen molar-refractivity contribution in [1.29, 1.82) is 0 Å². The van der Waals surface area contributed by atoms with Crippen molar-refractivity contribution < 1.29 is 0 Å². The van der Waals surface area contributed by atoms with Crippen LogP contribution >= 0.6 is 11.6 Å². The van der Waals surface area contributed by atoms with E-state index in [1.807, 2.05) is 24.3 Å². The summed E-state index contributed by atoms with van der Waals surface area (Å²) in [6.45, 7) is 1.28. The third-order valence-corrected chi connectivity index (χ3v) is 3.16. The molecule has 3 rings (SSSR count). The van der Waals surface area contributed by atoms with Gasteiger partial charge in [-0.3, -0.25) is 0 Å². The van der Waals surface area contributed by atoms with Gasteiger partial charge in [-0.2, -0.15) is 10.2 Å². The number of allylic oxidation sites excluding steroid dienone is 1. The molecule has 0 amide bonds. The molecular formula is C14H13ClN6. The van der Waals surface area contributed by atoms with Crippen molar-refractivity contribution in [1.82, 2.24) is 29.5 Å². The van der Waals surface area contributed by atoms with E-state index in [4.69, 9.17) is 11.6 Å². The smallest absolute Gasteiger partial charge is 0.137 e. The SMILES string of the molecule is Clc1ccc(C=C(Cn2cncn2)Cn2cncn2)cc1. The second-order valence-electron chi connectivity index (χ2n) is 4.54. The minimum absolute atomic E-state index is 0.641. The van der Waals surface area contributed by atoms with Gasteiger partial charge < -0.3 is 0 Å². The van der Waals surface area contributed by atoms with E-state index >= 15 is 0 Å². The molecule has 0 bridgehead atoms. The zero-order chi connectivity index (χ0) is 14.5. The van der Waals surface area contributed by atoms with Crippen molar-refractivity contribution >= 4 is 17.7 Å². The van der Waals surface area contributed by atoms with Crippen molar-refractivity contribution in [3.05, 3.63) is 65.7 Å². The van der Waals surface area contributed by atoms with Crippen LogP contribution in [-0.2, 0) is 13.1 Å². The summed E-state index contributed by atoms with van der Waals surface area (Å²) in [5, 5.41) is 9.00. The Balaban J connectivity index is 1.85. The van der Waals surface area contributed by atoms with Crippen LogP contribution in [0.4, 0.5) is 0 Å². The van der Waals surface area contributed by atoms with Crippen LogP contribution in [0.25, 0.3) is 6.08 Å². The summed E-state index contributed by atoms with van der Waals surface area (Å²) in [5.41, 5.74) is 2.21. The van der Waals surface area contributed by atoms with E-state index in [0.717, 1.165) is 16.2 Å². The third kappa shape index (κ3) is 3.76. The predicted molar refractivity (Wildman–Crippen MR) is 79.5 cm³/mol. The second kappa shape index (κ2) is 6.32. The Hall–Kier alpha value is -2.47. The fourth-order valence-corrected chi connectivity index (χ4v) is 2.11. The molecular weight excluding hydrogens is 288 g/mol. The van der Waals surface area contributed by atoms with Gasteiger partial charge in [0.25, 0.3) is 0 Å². The monoisotopic (exact) mass is 300 g/mol. The van der Waals surface area contributed by atoms with Gasteiger partial charge in [-0.15, -0.1) is 0 Å². The molecule has 0 N–H and O–H groups in total. The highest BCUT2D eigenvalue weighted by molar-refractivity contribution is 6.30. The first-order valence-electron chi connectivity index (χ1n) is 6.39. The molecule has 0 spiro atoms. The predicted octanol–water partition coefficient (Wildman–Crippen LogP) is 2.31. The molecule has 1 aromatic carbocycles. The lowest BCUT2D eigenvalue weighted by Gasteiger charge is -2.08. The highest BCUT2D eigenvalue weighted by atomic mass is 35.5. The van der Waals surface area contributed by atoms with Gasteiger partial charge in [0.05, 0.1) is 13.1 Å². The lowest BCUT2D eigenvalue weighted by Crippen LogP contribution is -2.08. The first-order valence-corrected chi connectivity index (χ1v) is 6.77. The number of benzene rings is 1. The molecule has 6 nitrogen and oxygen atoms in total. The molecule has 0 atom stereocenters. The highest BCUT2D eigenvalue weighted by Gasteiger charge is 2.03. The molecule has 0 aliphatic heterocycles. The highest BCUT2D eigenvalue weighted by Crippen LogP contribution is 2.14. The topological polar surface area (TPSA) is 61.4 Å². The van der Waals surface area contributed by atoms with Crippen LogP contribution < -0.4 is 0 Å². The van der Waals surface area contributed by atoms with E-state index in [1.54, 1.807) is 22.0 Å². The molecule has 0 radical (unpaired) electrons. The van der Waals surface area contributed by atoms with Crippen LogP contribution in [0.1, 0.15) is 5.56 Å². The summed E-state index contributed by atoms with van der Waals surface area (Å²) < 4.78 is 3.55. The Morgan fingerprint density at radius 3 is 2.00 bits per heavy atom. The van der Waals surface area contributed by atoms with Crippen molar-refractivity contribution in [3.63, 3.8) is 0 Å². The molecule has 106 valence electrons. The quantitative estimate of drug-likeness (QED) is 0.725. The van der Waals surface area contributed by atoms with E-state index in [-0.39, 0.29) is 0 Å². The van der Waals surface area contributed by atoms with Gasteiger partial charge in [0.2, 0.25) is 0 Å². The van der Waals surface area contributed by atoms with Gasteiger partial charge in [0, 0.05) is 5.02 Å². The summed E-state index contributed by atoms with van der Waals surface area (Å²) in [6.07, 6.45) is 8.53. The van der Waals surface area contributed by atoms with Crippen LogP contribution in [0.5, 0.6) is 0 Å². The lowest BCUT2D eigenvalue weighted by atomic mass is 10.1. The maximum absolute atomic E-state index is 5.91. The van der Waals surface area contributed by atoms with Crippen LogP contribution in [-0.4, -0.2) is 29.5 Å². The zero-order valence-corrected chi connectivity index (χ0v) is 11.9. The van der Waals surface area contributed by atoms with Gasteiger partial charge >= 0.3 is 0 Å². The summed E-state index contributed by atoms with van der Waals surface area (Å²) in [6, 6.07) is 7.70. The molecule has 0 unspecified atom stereocenters. The fraction of sp³-hybridized carbons (Fsp3) is 0.143. The number of hydrogen-bond acceptors (Lipinski definition) is 4. The largest absolute Gasteiger partial charge is 0.249 e. The van der Waals surface area contributed by atoms with E-state index in [2.05, 4.69) is 26.2 Å². The molecule has 0 saturated carbocycles. The van der Waals surface area contributed by atoms with Crippen molar-refractivity contribution in [2.24, 2.45) is 0 Å². The Morgan fingerprint density at radius 1 is 0.952 bits per heavy atom. The van der Waals surface area contributed by atoms with Crippen LogP contribution in [0.2, 0.25) is 5.02 Å². The van der Waals surface area contributed by atoms with Crippen molar-refractivity contribution in [3.8, 4) is 0 Å². The Kier molecular flexibility index (Phi) is 4.07. The van der Waals surface area contributed by atoms with E-state index in [0.29, 0.717) is 13.1 Å². The average Bonchev–Trinajstić information content (AvgIpc) is 3.15. The summed E-state index contributed by atoms with van der Waals surface area (Å²) in [7, 11) is 0. The number of hydrogen-bond donors (Lipinski definition) is 0. The summed E-state index contributed by atoms with van der Waals surface area (Å²) in [4.78, 5) is 7.93. The first kappa shape index (κ1) is 13.5. The van der Waals surface area contributed by atoms with Crippen LogP contribution in [0.3, 0.4) is 0 Å². The molecule has 2 aromatic heterocycles. The molecule has 0 aliphatic carbocycles. The third-order valence-electron chi connectivity index (χ3n) is 2.90. The van der Waals surface area contributed by atoms with Crippen LogP contribution in [0.15, 0.2) is 55.1 Å². The minimum atomic E-state index is 0.641. The molecule has 3 aromatic rings. The number of halogens is 1. The number of nitrogens with zero attached hydrogens (tertiary/aromatic N) is 6. The average molecular weight is 301 g/mol. The molecule has 7 heteroatoms. The zero-order valence-electron chi connectivity index (χ0n) is 11.2. The maximum atomic E-state index is 5.91. The summed E-state index contributed by atoms with van der Waals surface area (Å²) >= 11 is 5.91. The lowest BCUT2D eigenvalue weighted by molar-refractivity contribution is 0.602. The van der Waals surface area contributed by atoms with E-state index < -0.39 is 0 Å². The minimum Gasteiger partial charge on any atom is -0.249 e. The molecule has 21 heavy (non-hydrogen) atoms. The normalized spacial score (nSPS) is 10.5. The molecule has 0 fully saturated rings. The van der Waals surface area contributed by atoms with Gasteiger partial charge in [0.1, 0.15) is 25.3 Å². The van der Waals surface area contributed by atoms with Gasteiger partial charge in [-0.1, -0.05) is 29.8 Å². The van der Waals surface area contributed by atoms with E-state index in [9.17, 15) is 0 Å². The summed E-state index contributed by atoms with van der Waals surface area (Å²) in [5.74, 6) is 0. The van der Waals surface area contributed by atoms with Gasteiger partial charge in [0.15, 0.2) is 0 Å². The Labute approximate surface area is 126 Å². The molecule has 0 aliphatic rings. The van der Waals surface area contributed by atoms with Crippen molar-refractivity contribution in [2.45, 2.75) is 13.1 Å². The Bertz CT molecular complexity index is 662. The fourth-order valence-electron chi connectivity index (χ4n) is 1.98.